The molecule has 2 unspecified atom stereocenters. The van der Waals surface area contributed by atoms with E-state index in [1.807, 2.05) is 20.8 Å². The predicted octanol–water partition coefficient (Wildman–Crippen LogP) is 4.10. The highest BCUT2D eigenvalue weighted by Gasteiger charge is 2.57. The van der Waals surface area contributed by atoms with Gasteiger partial charge in [0.15, 0.2) is 0 Å². The molecule has 4 nitrogen and oxygen atoms in total. The fraction of sp³-hybridized carbons (Fsp3) is 0.750. The Kier molecular flexibility index (Phi) is 4.40. The molecular formula is C16H24IN3OS. The van der Waals surface area contributed by atoms with E-state index in [2.05, 4.69) is 56.7 Å². The van der Waals surface area contributed by atoms with Crippen molar-refractivity contribution in [1.82, 2.24) is 9.78 Å². The third-order valence-electron chi connectivity index (χ3n) is 4.58. The lowest BCUT2D eigenvalue weighted by molar-refractivity contribution is 0.501. The monoisotopic (exact) mass is 433 g/mol. The van der Waals surface area contributed by atoms with Crippen LogP contribution in [0, 0.1) is 15.5 Å². The van der Waals surface area contributed by atoms with Crippen molar-refractivity contribution in [3.05, 3.63) is 15.5 Å². The maximum atomic E-state index is 12.1. The van der Waals surface area contributed by atoms with E-state index in [1.54, 1.807) is 0 Å². The number of halogens is 1. The van der Waals surface area contributed by atoms with E-state index in [0.717, 1.165) is 22.3 Å². The van der Waals surface area contributed by atoms with Crippen LogP contribution in [0.1, 0.15) is 65.1 Å². The van der Waals surface area contributed by atoms with Crippen LogP contribution >= 0.6 is 22.6 Å². The minimum atomic E-state index is -1.12. The second-order valence-corrected chi connectivity index (χ2v) is 10.7. The zero-order chi connectivity index (χ0) is 16.2. The van der Waals surface area contributed by atoms with E-state index < -0.39 is 11.4 Å². The second kappa shape index (κ2) is 5.77. The maximum absolute atomic E-state index is 12.1. The highest BCUT2D eigenvalue weighted by molar-refractivity contribution is 14.1. The van der Waals surface area contributed by atoms with Crippen LogP contribution in [0.15, 0.2) is 10.5 Å². The Morgan fingerprint density at radius 3 is 2.45 bits per heavy atom. The summed E-state index contributed by atoms with van der Waals surface area (Å²) in [6.07, 6.45) is 2.02. The number of fused-ring (bicyclic) bond motifs is 1. The summed E-state index contributed by atoms with van der Waals surface area (Å²) in [7, 11) is 0. The smallest absolute Gasteiger partial charge is 0.144 e. The lowest BCUT2D eigenvalue weighted by Gasteiger charge is -2.19. The Morgan fingerprint density at radius 1 is 1.36 bits per heavy atom. The van der Waals surface area contributed by atoms with Crippen LogP contribution in [-0.2, 0) is 11.4 Å². The first-order valence-corrected chi connectivity index (χ1v) is 10.1. The molecule has 0 aromatic carbocycles. The summed E-state index contributed by atoms with van der Waals surface area (Å²) in [6, 6.07) is 2.63. The first kappa shape index (κ1) is 16.8. The van der Waals surface area contributed by atoms with Crippen molar-refractivity contribution in [3.63, 3.8) is 0 Å². The number of nitrogens with zero attached hydrogens (tertiary/aromatic N) is 3. The first-order chi connectivity index (χ1) is 10.2. The van der Waals surface area contributed by atoms with Crippen molar-refractivity contribution in [3.8, 4) is 0 Å². The molecule has 0 aliphatic heterocycles. The van der Waals surface area contributed by atoms with Gasteiger partial charge in [0.2, 0.25) is 0 Å². The van der Waals surface area contributed by atoms with Crippen molar-refractivity contribution < 1.29 is 4.55 Å². The number of hydrogen-bond acceptors (Lipinski definition) is 3. The first-order valence-electron chi connectivity index (χ1n) is 7.92. The Labute approximate surface area is 149 Å². The van der Waals surface area contributed by atoms with E-state index in [1.165, 1.54) is 5.69 Å². The van der Waals surface area contributed by atoms with Crippen LogP contribution in [0.3, 0.4) is 0 Å². The quantitative estimate of drug-likeness (QED) is 0.533. The van der Waals surface area contributed by atoms with E-state index >= 15 is 0 Å². The van der Waals surface area contributed by atoms with Gasteiger partial charge in [-0.05, 0) is 88.0 Å². The summed E-state index contributed by atoms with van der Waals surface area (Å²) in [6.45, 7) is 10.3. The Hall–Kier alpha value is -0.0800. The van der Waals surface area contributed by atoms with Crippen LogP contribution in [0.2, 0.25) is 0 Å². The Balaban J connectivity index is 1.70. The largest absolute Gasteiger partial charge is 0.591 e. The average Bonchev–Trinajstić information content (AvgIpc) is 2.74. The minimum Gasteiger partial charge on any atom is -0.591 e. The van der Waals surface area contributed by atoms with Crippen molar-refractivity contribution in [1.29, 1.82) is 0 Å². The summed E-state index contributed by atoms with van der Waals surface area (Å²) in [5.41, 5.74) is 2.54. The second-order valence-electron chi connectivity index (χ2n) is 7.71. The van der Waals surface area contributed by atoms with E-state index in [9.17, 15) is 4.55 Å². The molecule has 2 fully saturated rings. The van der Waals surface area contributed by atoms with Gasteiger partial charge in [0.25, 0.3) is 0 Å². The SMILES string of the molecule is CC(C)n1nc(I)cc1C1[C@H]2CC(=N[S+]([O-])C(C)(C)C)C[C@@H]12. The van der Waals surface area contributed by atoms with E-state index in [4.69, 9.17) is 0 Å². The third-order valence-corrected chi connectivity index (χ3v) is 6.57. The Bertz CT molecular complexity index is 591. The summed E-state index contributed by atoms with van der Waals surface area (Å²) in [4.78, 5) is 0. The summed E-state index contributed by atoms with van der Waals surface area (Å²) in [5.74, 6) is 1.99. The van der Waals surface area contributed by atoms with Crippen LogP contribution in [0.25, 0.3) is 0 Å². The van der Waals surface area contributed by atoms with Gasteiger partial charge in [-0.25, -0.2) is 0 Å². The van der Waals surface area contributed by atoms with Gasteiger partial charge in [0, 0.05) is 17.7 Å². The molecule has 0 saturated heterocycles. The highest BCUT2D eigenvalue weighted by atomic mass is 127. The molecule has 1 aromatic rings. The molecule has 22 heavy (non-hydrogen) atoms. The van der Waals surface area contributed by atoms with Crippen molar-refractivity contribution in [2.45, 2.75) is 64.2 Å². The summed E-state index contributed by atoms with van der Waals surface area (Å²) >= 11 is 1.18. The lowest BCUT2D eigenvalue weighted by Crippen LogP contribution is -2.26. The molecule has 0 N–H and O–H groups in total. The van der Waals surface area contributed by atoms with Crippen LogP contribution in [0.4, 0.5) is 0 Å². The van der Waals surface area contributed by atoms with E-state index in [-0.39, 0.29) is 4.75 Å². The topological polar surface area (TPSA) is 53.2 Å². The van der Waals surface area contributed by atoms with Crippen molar-refractivity contribution in [2.24, 2.45) is 16.2 Å². The lowest BCUT2D eigenvalue weighted by atomic mass is 10.1. The molecule has 0 radical (unpaired) electrons. The molecule has 6 heteroatoms. The number of rotatable bonds is 3. The Morgan fingerprint density at radius 2 is 1.95 bits per heavy atom. The van der Waals surface area contributed by atoms with Gasteiger partial charge in [-0.2, -0.15) is 5.10 Å². The average molecular weight is 433 g/mol. The fourth-order valence-corrected chi connectivity index (χ4v) is 4.65. The van der Waals surface area contributed by atoms with Gasteiger partial charge in [-0.1, -0.05) is 4.40 Å². The molecule has 4 atom stereocenters. The molecule has 0 bridgehead atoms. The van der Waals surface area contributed by atoms with Crippen LogP contribution < -0.4 is 0 Å². The highest BCUT2D eigenvalue weighted by Crippen LogP contribution is 2.62. The number of hydrogen-bond donors (Lipinski definition) is 0. The molecule has 0 amide bonds. The molecule has 2 saturated carbocycles. The molecule has 1 heterocycles. The van der Waals surface area contributed by atoms with E-state index in [0.29, 0.717) is 23.8 Å². The molecule has 1 aromatic heterocycles. The predicted molar refractivity (Wildman–Crippen MR) is 99.6 cm³/mol. The minimum absolute atomic E-state index is 0.258. The molecule has 0 spiro atoms. The van der Waals surface area contributed by atoms with Gasteiger partial charge in [0.05, 0.1) is 5.71 Å². The standard InChI is InChI=1S/C16H24IN3OS/c1-9(2)20-13(8-14(17)18-20)15-11-6-10(7-12(11)15)19-22(21)16(3,4)5/h8-9,11-12,15H,6-7H2,1-5H3/t11-,12+,15?,22?. The van der Waals surface area contributed by atoms with Gasteiger partial charge in [-0.3, -0.25) is 4.68 Å². The molecular weight excluding hydrogens is 409 g/mol. The van der Waals surface area contributed by atoms with Crippen LogP contribution in [-0.4, -0.2) is 24.8 Å². The van der Waals surface area contributed by atoms with Crippen LogP contribution in [0.5, 0.6) is 0 Å². The zero-order valence-electron chi connectivity index (χ0n) is 13.8. The van der Waals surface area contributed by atoms with Gasteiger partial charge in [0.1, 0.15) is 19.8 Å². The summed E-state index contributed by atoms with van der Waals surface area (Å²) < 4.78 is 19.6. The molecule has 122 valence electrons. The zero-order valence-corrected chi connectivity index (χ0v) is 16.8. The molecule has 2 aliphatic rings. The van der Waals surface area contributed by atoms with Gasteiger partial charge < -0.3 is 4.55 Å². The molecule has 2 aliphatic carbocycles. The van der Waals surface area contributed by atoms with Crippen molar-refractivity contribution in [2.75, 3.05) is 0 Å². The molecule has 3 rings (SSSR count). The van der Waals surface area contributed by atoms with Gasteiger partial charge >= 0.3 is 0 Å². The van der Waals surface area contributed by atoms with Crippen molar-refractivity contribution >= 4 is 39.7 Å². The number of aromatic nitrogens is 2. The summed E-state index contributed by atoms with van der Waals surface area (Å²) in [5, 5.41) is 4.62. The maximum Gasteiger partial charge on any atom is 0.144 e. The van der Waals surface area contributed by atoms with Gasteiger partial charge in [-0.15, -0.1) is 0 Å². The normalized spacial score (nSPS) is 30.9. The third kappa shape index (κ3) is 3.11. The fourth-order valence-electron chi connectivity index (χ4n) is 3.44.